The molecule has 3 N–H and O–H groups in total. The van der Waals surface area contributed by atoms with Crippen molar-refractivity contribution < 1.29 is 19.4 Å². The number of carboxylic acids is 1. The molecular weight excluding hydrogens is 198 g/mol. The van der Waals surface area contributed by atoms with E-state index in [1.54, 1.807) is 13.0 Å². The van der Waals surface area contributed by atoms with Gasteiger partial charge in [-0.3, -0.25) is 0 Å². The van der Waals surface area contributed by atoms with E-state index in [9.17, 15) is 4.79 Å². The molecule has 0 saturated carbocycles. The van der Waals surface area contributed by atoms with Crippen LogP contribution in [0.1, 0.15) is 17.3 Å². The first-order chi connectivity index (χ1) is 7.11. The molecule has 1 rings (SSSR count). The van der Waals surface area contributed by atoms with Gasteiger partial charge in [-0.1, -0.05) is 0 Å². The summed E-state index contributed by atoms with van der Waals surface area (Å²) < 4.78 is 10.2. The van der Waals surface area contributed by atoms with Crippen LogP contribution in [0.15, 0.2) is 12.1 Å². The summed E-state index contributed by atoms with van der Waals surface area (Å²) in [6.07, 6.45) is 0. The second-order valence-electron chi connectivity index (χ2n) is 2.80. The number of aromatic carboxylic acids is 1. The third kappa shape index (κ3) is 2.12. The molecule has 1 aromatic carbocycles. The van der Waals surface area contributed by atoms with Gasteiger partial charge in [0.25, 0.3) is 0 Å². The number of carbonyl (C=O) groups is 1. The van der Waals surface area contributed by atoms with E-state index in [2.05, 4.69) is 0 Å². The Labute approximate surface area is 87.4 Å². The monoisotopic (exact) mass is 211 g/mol. The molecule has 0 spiro atoms. The van der Waals surface area contributed by atoms with Crippen molar-refractivity contribution in [1.29, 1.82) is 0 Å². The predicted molar refractivity (Wildman–Crippen MR) is 55.5 cm³/mol. The van der Waals surface area contributed by atoms with Crippen molar-refractivity contribution in [1.82, 2.24) is 0 Å². The van der Waals surface area contributed by atoms with Crippen LogP contribution in [-0.2, 0) is 0 Å². The summed E-state index contributed by atoms with van der Waals surface area (Å²) in [6.45, 7) is 2.11. The summed E-state index contributed by atoms with van der Waals surface area (Å²) in [5.41, 5.74) is 5.66. The number of nitrogen functional groups attached to an aromatic ring is 1. The molecule has 0 saturated heterocycles. The molecular formula is C10H13NO4. The van der Waals surface area contributed by atoms with Gasteiger partial charge in [0.05, 0.1) is 19.4 Å². The molecule has 5 heteroatoms. The van der Waals surface area contributed by atoms with Crippen molar-refractivity contribution in [2.75, 3.05) is 19.5 Å². The molecule has 82 valence electrons. The van der Waals surface area contributed by atoms with E-state index in [1.165, 1.54) is 13.2 Å². The Morgan fingerprint density at radius 3 is 2.67 bits per heavy atom. The van der Waals surface area contributed by atoms with Crippen molar-refractivity contribution >= 4 is 11.7 Å². The van der Waals surface area contributed by atoms with Crippen LogP contribution in [-0.4, -0.2) is 24.8 Å². The first kappa shape index (κ1) is 11.2. The van der Waals surface area contributed by atoms with Gasteiger partial charge in [-0.2, -0.15) is 0 Å². The van der Waals surface area contributed by atoms with Crippen molar-refractivity contribution in [3.63, 3.8) is 0 Å². The summed E-state index contributed by atoms with van der Waals surface area (Å²) in [5.74, 6) is -0.592. The van der Waals surface area contributed by atoms with Crippen LogP contribution in [0.4, 0.5) is 5.69 Å². The van der Waals surface area contributed by atoms with E-state index < -0.39 is 5.97 Å². The van der Waals surface area contributed by atoms with Gasteiger partial charge in [-0.05, 0) is 19.1 Å². The largest absolute Gasteiger partial charge is 0.493 e. The maximum absolute atomic E-state index is 11.0. The van der Waals surface area contributed by atoms with Gasteiger partial charge in [0.15, 0.2) is 11.5 Å². The third-order valence-corrected chi connectivity index (χ3v) is 1.88. The predicted octanol–water partition coefficient (Wildman–Crippen LogP) is 1.37. The zero-order valence-electron chi connectivity index (χ0n) is 8.61. The molecule has 0 atom stereocenters. The molecule has 0 radical (unpaired) electrons. The second kappa shape index (κ2) is 4.54. The molecule has 0 aliphatic heterocycles. The van der Waals surface area contributed by atoms with Gasteiger partial charge in [0.1, 0.15) is 5.56 Å². The molecule has 0 heterocycles. The van der Waals surface area contributed by atoms with Gasteiger partial charge in [-0.25, -0.2) is 4.79 Å². The SMILES string of the molecule is CCOc1c(OC)ccc(N)c1C(=O)O. The van der Waals surface area contributed by atoms with Crippen LogP contribution in [0.25, 0.3) is 0 Å². The highest BCUT2D eigenvalue weighted by atomic mass is 16.5. The van der Waals surface area contributed by atoms with E-state index in [-0.39, 0.29) is 17.0 Å². The number of anilines is 1. The smallest absolute Gasteiger partial charge is 0.341 e. The van der Waals surface area contributed by atoms with Crippen LogP contribution in [0.2, 0.25) is 0 Å². The minimum atomic E-state index is -1.13. The van der Waals surface area contributed by atoms with Gasteiger partial charge in [0.2, 0.25) is 0 Å². The van der Waals surface area contributed by atoms with E-state index in [0.29, 0.717) is 12.4 Å². The summed E-state index contributed by atoms with van der Waals surface area (Å²) in [6, 6.07) is 3.05. The minimum Gasteiger partial charge on any atom is -0.493 e. The van der Waals surface area contributed by atoms with Gasteiger partial charge in [0, 0.05) is 0 Å². The van der Waals surface area contributed by atoms with E-state index in [4.69, 9.17) is 20.3 Å². The number of carboxylic acid groups (broad SMARTS) is 1. The fraction of sp³-hybridized carbons (Fsp3) is 0.300. The first-order valence-electron chi connectivity index (χ1n) is 4.44. The number of rotatable bonds is 4. The molecule has 1 aromatic rings. The lowest BCUT2D eigenvalue weighted by Gasteiger charge is -2.13. The quantitative estimate of drug-likeness (QED) is 0.735. The lowest BCUT2D eigenvalue weighted by atomic mass is 10.1. The Bertz CT molecular complexity index is 376. The maximum atomic E-state index is 11.0. The average Bonchev–Trinajstić information content (AvgIpc) is 2.18. The number of benzene rings is 1. The molecule has 15 heavy (non-hydrogen) atoms. The van der Waals surface area contributed by atoms with Gasteiger partial charge >= 0.3 is 5.97 Å². The van der Waals surface area contributed by atoms with Crippen LogP contribution in [0, 0.1) is 0 Å². The fourth-order valence-electron chi connectivity index (χ4n) is 1.25. The van der Waals surface area contributed by atoms with Crippen LogP contribution in [0.5, 0.6) is 11.5 Å². The lowest BCUT2D eigenvalue weighted by Crippen LogP contribution is -2.08. The number of hydrogen-bond acceptors (Lipinski definition) is 4. The van der Waals surface area contributed by atoms with Gasteiger partial charge < -0.3 is 20.3 Å². The number of hydrogen-bond donors (Lipinski definition) is 2. The van der Waals surface area contributed by atoms with Crippen molar-refractivity contribution in [2.24, 2.45) is 0 Å². The number of nitrogens with two attached hydrogens (primary N) is 1. The van der Waals surface area contributed by atoms with E-state index in [1.807, 2.05) is 0 Å². The second-order valence-corrected chi connectivity index (χ2v) is 2.80. The molecule has 0 aliphatic carbocycles. The highest BCUT2D eigenvalue weighted by Crippen LogP contribution is 2.34. The Morgan fingerprint density at radius 2 is 2.20 bits per heavy atom. The Morgan fingerprint density at radius 1 is 1.53 bits per heavy atom. The van der Waals surface area contributed by atoms with Crippen LogP contribution < -0.4 is 15.2 Å². The van der Waals surface area contributed by atoms with E-state index in [0.717, 1.165) is 0 Å². The molecule has 0 unspecified atom stereocenters. The van der Waals surface area contributed by atoms with Crippen LogP contribution >= 0.6 is 0 Å². The number of methoxy groups -OCH3 is 1. The van der Waals surface area contributed by atoms with Crippen molar-refractivity contribution in [2.45, 2.75) is 6.92 Å². The molecule has 0 aliphatic rings. The lowest BCUT2D eigenvalue weighted by molar-refractivity contribution is 0.0693. The highest BCUT2D eigenvalue weighted by molar-refractivity contribution is 5.97. The third-order valence-electron chi connectivity index (χ3n) is 1.88. The van der Waals surface area contributed by atoms with Gasteiger partial charge in [-0.15, -0.1) is 0 Å². The Kier molecular flexibility index (Phi) is 3.38. The minimum absolute atomic E-state index is 0.0591. The zero-order chi connectivity index (χ0) is 11.4. The molecule has 0 aromatic heterocycles. The Hall–Kier alpha value is -1.91. The number of ether oxygens (including phenoxy) is 2. The first-order valence-corrected chi connectivity index (χ1v) is 4.44. The topological polar surface area (TPSA) is 81.8 Å². The summed E-state index contributed by atoms with van der Waals surface area (Å²) in [4.78, 5) is 11.0. The van der Waals surface area contributed by atoms with Crippen LogP contribution in [0.3, 0.4) is 0 Å². The molecule has 0 bridgehead atoms. The molecule has 0 fully saturated rings. The zero-order valence-corrected chi connectivity index (χ0v) is 8.61. The standard InChI is InChI=1S/C10H13NO4/c1-3-15-9-7(14-2)5-4-6(11)8(9)10(12)13/h4-5H,3,11H2,1-2H3,(H,12,13). The Balaban J connectivity index is 3.36. The normalized spacial score (nSPS) is 9.73. The fourth-order valence-corrected chi connectivity index (χ4v) is 1.25. The highest BCUT2D eigenvalue weighted by Gasteiger charge is 2.19. The summed E-state index contributed by atoms with van der Waals surface area (Å²) >= 11 is 0. The van der Waals surface area contributed by atoms with Crippen molar-refractivity contribution in [3.8, 4) is 11.5 Å². The molecule has 0 amide bonds. The average molecular weight is 211 g/mol. The van der Waals surface area contributed by atoms with Crippen molar-refractivity contribution in [3.05, 3.63) is 17.7 Å². The maximum Gasteiger partial charge on any atom is 0.341 e. The summed E-state index contributed by atoms with van der Waals surface area (Å²) in [7, 11) is 1.44. The summed E-state index contributed by atoms with van der Waals surface area (Å²) in [5, 5.41) is 8.98. The molecule has 5 nitrogen and oxygen atoms in total. The van der Waals surface area contributed by atoms with E-state index >= 15 is 0 Å².